The first-order valence-corrected chi connectivity index (χ1v) is 5.62. The molecule has 0 N–H and O–H groups in total. The highest BCUT2D eigenvalue weighted by molar-refractivity contribution is 5.89. The van der Waals surface area contributed by atoms with Gasteiger partial charge in [0.05, 0.1) is 6.61 Å². The van der Waals surface area contributed by atoms with E-state index >= 15 is 0 Å². The molecule has 1 aromatic carbocycles. The molecule has 1 aromatic heterocycles. The van der Waals surface area contributed by atoms with Crippen LogP contribution in [0.5, 0.6) is 0 Å². The maximum atomic E-state index is 11.7. The van der Waals surface area contributed by atoms with Crippen molar-refractivity contribution in [2.75, 3.05) is 6.61 Å². The number of aromatic nitrogens is 1. The number of carbonyl (C=O) groups excluding carboxylic acids is 1. The van der Waals surface area contributed by atoms with E-state index in [9.17, 15) is 4.79 Å². The van der Waals surface area contributed by atoms with E-state index in [1.807, 2.05) is 48.0 Å². The molecule has 0 aliphatic carbocycles. The topological polar surface area (TPSA) is 31.2 Å². The third-order valence-electron chi connectivity index (χ3n) is 2.68. The van der Waals surface area contributed by atoms with E-state index in [0.29, 0.717) is 12.3 Å². The lowest BCUT2D eigenvalue weighted by Crippen LogP contribution is -2.10. The molecule has 0 amide bonds. The lowest BCUT2D eigenvalue weighted by molar-refractivity contribution is 0.0515. The Labute approximate surface area is 101 Å². The Bertz CT molecular complexity index is 514. The normalized spacial score (nSPS) is 10.2. The monoisotopic (exact) mass is 229 g/mol. The largest absolute Gasteiger partial charge is 0.461 e. The van der Waals surface area contributed by atoms with Gasteiger partial charge in [0, 0.05) is 12.7 Å². The van der Waals surface area contributed by atoms with Crippen molar-refractivity contribution in [3.63, 3.8) is 0 Å². The summed E-state index contributed by atoms with van der Waals surface area (Å²) < 4.78 is 6.85. The summed E-state index contributed by atoms with van der Waals surface area (Å²) in [6.07, 6.45) is 0. The van der Waals surface area contributed by atoms with Gasteiger partial charge < -0.3 is 9.30 Å². The number of ether oxygens (including phenoxy) is 1. The van der Waals surface area contributed by atoms with Crippen molar-refractivity contribution in [1.29, 1.82) is 0 Å². The molecule has 2 aromatic rings. The summed E-state index contributed by atoms with van der Waals surface area (Å²) in [4.78, 5) is 11.7. The summed E-state index contributed by atoms with van der Waals surface area (Å²) in [5, 5.41) is 0. The number of benzene rings is 1. The average molecular weight is 229 g/mol. The Balaban J connectivity index is 2.37. The molecule has 88 valence electrons. The number of rotatable bonds is 3. The van der Waals surface area contributed by atoms with Crippen LogP contribution in [0.25, 0.3) is 11.3 Å². The summed E-state index contributed by atoms with van der Waals surface area (Å²) >= 11 is 0. The van der Waals surface area contributed by atoms with Crippen molar-refractivity contribution >= 4 is 5.97 Å². The van der Waals surface area contributed by atoms with Crippen molar-refractivity contribution in [3.8, 4) is 11.3 Å². The van der Waals surface area contributed by atoms with Crippen LogP contribution in [0, 0.1) is 0 Å². The smallest absolute Gasteiger partial charge is 0.354 e. The van der Waals surface area contributed by atoms with Gasteiger partial charge in [-0.25, -0.2) is 4.79 Å². The molecular weight excluding hydrogens is 214 g/mol. The lowest BCUT2D eigenvalue weighted by atomic mass is 10.2. The minimum Gasteiger partial charge on any atom is -0.461 e. The average Bonchev–Trinajstić information content (AvgIpc) is 2.72. The SMILES string of the molecule is CCOC(=O)c1ccc(-c2ccccc2)n1C. The fourth-order valence-corrected chi connectivity index (χ4v) is 1.82. The number of carbonyl (C=O) groups is 1. The summed E-state index contributed by atoms with van der Waals surface area (Å²) in [6, 6.07) is 13.7. The molecule has 0 spiro atoms. The Morgan fingerprint density at radius 2 is 1.88 bits per heavy atom. The fourth-order valence-electron chi connectivity index (χ4n) is 1.82. The Morgan fingerprint density at radius 3 is 2.53 bits per heavy atom. The van der Waals surface area contributed by atoms with Crippen LogP contribution in [0.2, 0.25) is 0 Å². The van der Waals surface area contributed by atoms with Gasteiger partial charge in [0.2, 0.25) is 0 Å². The van der Waals surface area contributed by atoms with Gasteiger partial charge in [-0.1, -0.05) is 30.3 Å². The van der Waals surface area contributed by atoms with E-state index < -0.39 is 0 Å². The quantitative estimate of drug-likeness (QED) is 0.758. The standard InChI is InChI=1S/C14H15NO2/c1-3-17-14(16)13-10-9-12(15(13)2)11-7-5-4-6-8-11/h4-10H,3H2,1-2H3. The first-order chi connectivity index (χ1) is 8.24. The van der Waals surface area contributed by atoms with Crippen LogP contribution < -0.4 is 0 Å². The van der Waals surface area contributed by atoms with Gasteiger partial charge in [-0.15, -0.1) is 0 Å². The number of hydrogen-bond donors (Lipinski definition) is 0. The molecule has 17 heavy (non-hydrogen) atoms. The molecule has 0 aliphatic rings. The van der Waals surface area contributed by atoms with Gasteiger partial charge in [-0.2, -0.15) is 0 Å². The van der Waals surface area contributed by atoms with E-state index in [-0.39, 0.29) is 5.97 Å². The van der Waals surface area contributed by atoms with Gasteiger partial charge in [0.25, 0.3) is 0 Å². The molecule has 0 aliphatic heterocycles. The van der Waals surface area contributed by atoms with Gasteiger partial charge in [0.1, 0.15) is 5.69 Å². The zero-order valence-corrected chi connectivity index (χ0v) is 10.0. The van der Waals surface area contributed by atoms with Gasteiger partial charge in [0.15, 0.2) is 0 Å². The number of esters is 1. The second-order valence-corrected chi connectivity index (χ2v) is 3.75. The molecule has 0 saturated heterocycles. The van der Waals surface area contributed by atoms with Crippen molar-refractivity contribution in [1.82, 2.24) is 4.57 Å². The van der Waals surface area contributed by atoms with Crippen molar-refractivity contribution < 1.29 is 9.53 Å². The van der Waals surface area contributed by atoms with Crippen LogP contribution in [-0.2, 0) is 11.8 Å². The lowest BCUT2D eigenvalue weighted by Gasteiger charge is -2.07. The van der Waals surface area contributed by atoms with Gasteiger partial charge >= 0.3 is 5.97 Å². The predicted octanol–water partition coefficient (Wildman–Crippen LogP) is 2.87. The summed E-state index contributed by atoms with van der Waals surface area (Å²) in [5.41, 5.74) is 2.67. The first-order valence-electron chi connectivity index (χ1n) is 5.62. The molecule has 0 fully saturated rings. The number of hydrogen-bond acceptors (Lipinski definition) is 2. The maximum absolute atomic E-state index is 11.7. The van der Waals surface area contributed by atoms with Crippen LogP contribution in [0.15, 0.2) is 42.5 Å². The van der Waals surface area contributed by atoms with Gasteiger partial charge in [-0.05, 0) is 24.6 Å². The molecular formula is C14H15NO2. The second-order valence-electron chi connectivity index (χ2n) is 3.75. The zero-order valence-electron chi connectivity index (χ0n) is 10.0. The highest BCUT2D eigenvalue weighted by Gasteiger charge is 2.13. The van der Waals surface area contributed by atoms with Crippen molar-refractivity contribution in [2.45, 2.75) is 6.92 Å². The minimum absolute atomic E-state index is 0.280. The second kappa shape index (κ2) is 4.87. The van der Waals surface area contributed by atoms with Crippen LogP contribution in [0.3, 0.4) is 0 Å². The van der Waals surface area contributed by atoms with Gasteiger partial charge in [-0.3, -0.25) is 0 Å². The van der Waals surface area contributed by atoms with E-state index in [2.05, 4.69) is 0 Å². The molecule has 0 bridgehead atoms. The van der Waals surface area contributed by atoms with Crippen molar-refractivity contribution in [3.05, 3.63) is 48.2 Å². The van der Waals surface area contributed by atoms with Crippen LogP contribution in [0.1, 0.15) is 17.4 Å². The highest BCUT2D eigenvalue weighted by atomic mass is 16.5. The van der Waals surface area contributed by atoms with E-state index in [1.54, 1.807) is 13.0 Å². The third-order valence-corrected chi connectivity index (χ3v) is 2.68. The summed E-state index contributed by atoms with van der Waals surface area (Å²) in [5.74, 6) is -0.280. The third kappa shape index (κ3) is 2.23. The molecule has 1 heterocycles. The number of nitrogens with zero attached hydrogens (tertiary/aromatic N) is 1. The summed E-state index contributed by atoms with van der Waals surface area (Å²) in [7, 11) is 1.87. The van der Waals surface area contributed by atoms with Crippen molar-refractivity contribution in [2.24, 2.45) is 7.05 Å². The first kappa shape index (κ1) is 11.5. The summed E-state index contributed by atoms with van der Waals surface area (Å²) in [6.45, 7) is 2.20. The Hall–Kier alpha value is -2.03. The molecule has 0 unspecified atom stereocenters. The Kier molecular flexibility index (Phi) is 3.28. The highest BCUT2D eigenvalue weighted by Crippen LogP contribution is 2.21. The molecule has 3 heteroatoms. The molecule has 0 saturated carbocycles. The molecule has 3 nitrogen and oxygen atoms in total. The van der Waals surface area contributed by atoms with Crippen LogP contribution in [0.4, 0.5) is 0 Å². The van der Waals surface area contributed by atoms with Crippen LogP contribution in [-0.4, -0.2) is 17.1 Å². The molecule has 2 rings (SSSR count). The molecule has 0 radical (unpaired) electrons. The molecule has 0 atom stereocenters. The van der Waals surface area contributed by atoms with E-state index in [4.69, 9.17) is 4.74 Å². The maximum Gasteiger partial charge on any atom is 0.354 e. The van der Waals surface area contributed by atoms with E-state index in [1.165, 1.54) is 0 Å². The Morgan fingerprint density at radius 1 is 1.18 bits per heavy atom. The fraction of sp³-hybridized carbons (Fsp3) is 0.214. The predicted molar refractivity (Wildman–Crippen MR) is 66.8 cm³/mol. The van der Waals surface area contributed by atoms with Crippen LogP contribution >= 0.6 is 0 Å². The van der Waals surface area contributed by atoms with E-state index in [0.717, 1.165) is 11.3 Å². The minimum atomic E-state index is -0.280. The zero-order chi connectivity index (χ0) is 12.3.